The number of nitrogens with two attached hydrogens (primary N) is 2. The number of carboxylic acids is 1. The minimum absolute atomic E-state index is 0.00439. The summed E-state index contributed by atoms with van der Waals surface area (Å²) in [7, 11) is -25.4. The largest absolute Gasteiger partial charge is 0.495 e. The number of anilines is 2. The van der Waals surface area contributed by atoms with Gasteiger partial charge in [-0.2, -0.15) is 17.0 Å². The fourth-order valence-electron chi connectivity index (χ4n) is 11.5. The van der Waals surface area contributed by atoms with Crippen molar-refractivity contribution in [3.8, 4) is 40.0 Å². The molecule has 0 amide bonds. The van der Waals surface area contributed by atoms with Crippen LogP contribution in [-0.2, 0) is 106 Å². The second-order valence-corrected chi connectivity index (χ2v) is 33.1. The summed E-state index contributed by atoms with van der Waals surface area (Å²) in [6.07, 6.45) is -1.99. The maximum Gasteiger partial charge on any atom is 0.490 e. The lowest BCUT2D eigenvalue weighted by Crippen LogP contribution is -2.29. The zero-order valence-electron chi connectivity index (χ0n) is 61.3. The number of phosphoric acid groups is 3. The molecule has 3 aromatic carbocycles. The van der Waals surface area contributed by atoms with Crippen LogP contribution in [0.15, 0.2) is 87.4 Å². The van der Waals surface area contributed by atoms with Gasteiger partial charge in [-0.15, -0.1) is 0 Å². The number of rotatable bonds is 48. The van der Waals surface area contributed by atoms with E-state index < -0.39 is 118 Å². The molecular formula is C67H87N8O33P3S2. The number of carbonyl (C=O) groups is 2. The Hall–Kier alpha value is -7.74. The Bertz CT molecular complexity index is 4970. The van der Waals surface area contributed by atoms with Crippen molar-refractivity contribution in [2.75, 3.05) is 137 Å². The van der Waals surface area contributed by atoms with Crippen LogP contribution in [0, 0.1) is 32.8 Å². The zero-order chi connectivity index (χ0) is 82.5. The van der Waals surface area contributed by atoms with Gasteiger partial charge in [0.1, 0.15) is 46.6 Å². The summed E-state index contributed by atoms with van der Waals surface area (Å²) < 4.78 is 182. The number of ketones is 1. The molecule has 113 heavy (non-hydrogen) atoms. The van der Waals surface area contributed by atoms with Gasteiger partial charge in [-0.05, 0) is 47.4 Å². The summed E-state index contributed by atoms with van der Waals surface area (Å²) in [6, 6.07) is 13.5. The number of nitro groups is 1. The predicted molar refractivity (Wildman–Crippen MR) is 396 cm³/mol. The molecule has 41 nitrogen and oxygen atoms in total. The highest BCUT2D eigenvalue weighted by atomic mass is 32.2. The molecule has 13 N–H and O–H groups in total. The summed E-state index contributed by atoms with van der Waals surface area (Å²) in [5.74, 6) is 3.92. The number of nitrogens with one attached hydrogen (secondary N) is 2. The van der Waals surface area contributed by atoms with Crippen molar-refractivity contribution >= 4 is 94.6 Å². The minimum atomic E-state index is -5.82. The van der Waals surface area contributed by atoms with Crippen molar-refractivity contribution in [3.05, 3.63) is 111 Å². The van der Waals surface area contributed by atoms with E-state index in [-0.39, 0.29) is 170 Å². The molecule has 0 radical (unpaired) electrons. The molecule has 3 aliphatic rings. The van der Waals surface area contributed by atoms with Crippen LogP contribution in [0.5, 0.6) is 5.75 Å². The number of nitrogens with zero attached hydrogens (tertiary/aromatic N) is 4. The molecule has 0 saturated carbocycles. The molecule has 8 rings (SSSR count). The maximum atomic E-state index is 13.9. The van der Waals surface area contributed by atoms with E-state index in [9.17, 15) is 74.8 Å². The number of aromatic carboxylic acids is 1. The van der Waals surface area contributed by atoms with Gasteiger partial charge in [-0.1, -0.05) is 50.8 Å². The van der Waals surface area contributed by atoms with Gasteiger partial charge in [0.25, 0.3) is 15.8 Å². The highest BCUT2D eigenvalue weighted by Gasteiger charge is 2.44. The summed E-state index contributed by atoms with van der Waals surface area (Å²) in [4.78, 5) is 81.1. The first-order chi connectivity index (χ1) is 53.4. The standard InChI is InChI=1S/C67H87N8O33P3S2/c1-67(2,3)63(103-39-43-38-74(65-57(43)64(70)71-41-72-65)56-37-53(77)55(105-56)40-104-110(85,86)108-111(87,88)107-109(82,83)84)49-36-54(94-4)42(35-52(49)75(80)81)9-5-6-10-44(76)17-19-95-21-23-97-25-27-99-29-31-101-33-34-102-32-30-100-28-26-98-24-22-96-20-18-73-112(89,90)61-50(68)15-13-47-58(45-11-7-8-12-46(45)66(78)79)48-14-16-51(69)62(113(91,92)93)60(48)106-59(47)61/h7-8,11-16,35-36,38,41,53,55-56,63,69,73,77H,6,10,17-34,37,39-40,68H2,1-4H3,(H,78,79)(H,85,86)(H,87,88)(H2,70,71,72)(H2,82,83,84)(H,91,92,93)/t53?,55-,56-,63-/m1/s1. The molecule has 0 bridgehead atoms. The number of carboxylic acid groups (broad SMARTS) is 1. The monoisotopic (exact) mass is 1690 g/mol. The third-order valence-electron chi connectivity index (χ3n) is 16.4. The number of fused-ring (bicyclic) bond motifs is 3. The third kappa shape index (κ3) is 26.1. The summed E-state index contributed by atoms with van der Waals surface area (Å²) in [6.45, 7) is 7.77. The Balaban J connectivity index is 0.647. The number of Topliss-reactive ketones (excluding diaryl/α,β-unsaturated/α-hetero) is 1. The first kappa shape index (κ1) is 90.8. The van der Waals surface area contributed by atoms with E-state index in [1.807, 2.05) is 0 Å². The fraction of sp³-hybridized carbons (Fsp3) is 0.478. The first-order valence-corrected chi connectivity index (χ1v) is 41.8. The van der Waals surface area contributed by atoms with Crippen LogP contribution < -0.4 is 26.3 Å². The molecule has 5 aromatic rings. The Morgan fingerprint density at radius 3 is 1.95 bits per heavy atom. The number of hydrogen-bond acceptors (Lipinski definition) is 32. The van der Waals surface area contributed by atoms with Gasteiger partial charge >= 0.3 is 29.4 Å². The predicted octanol–water partition coefficient (Wildman–Crippen LogP) is 5.95. The van der Waals surface area contributed by atoms with Crippen LogP contribution in [0.1, 0.15) is 85.8 Å². The second kappa shape index (κ2) is 41.2. The number of aliphatic hydroxyl groups excluding tert-OH is 1. The highest BCUT2D eigenvalue weighted by Crippen LogP contribution is 2.66. The van der Waals surface area contributed by atoms with Crippen LogP contribution in [-0.4, -0.2) is 221 Å². The number of aliphatic hydroxyl groups is 1. The molecule has 1 fully saturated rings. The molecule has 4 heterocycles. The van der Waals surface area contributed by atoms with E-state index in [0.29, 0.717) is 58.4 Å². The van der Waals surface area contributed by atoms with Gasteiger partial charge in [-0.25, -0.2) is 41.6 Å². The van der Waals surface area contributed by atoms with Gasteiger partial charge in [0, 0.05) is 66.6 Å². The number of nitrogen functional groups attached to an aromatic ring is 2. The molecule has 1 saturated heterocycles. The summed E-state index contributed by atoms with van der Waals surface area (Å²) >= 11 is 0. The SMILES string of the molecule is COc1cc([C@@H](OCc2cn([C@H]3CC(O)[C@@H](COP(=O)(O)OP(=O)(O)OP(=O)(O)O)O3)c3ncnc(N)c23)C(C)(C)C)c([N+](=O)[O-])cc1C#CCCC(=O)CCOCCOCCOCCOCCOCCOCCOCCOCCNS(=O)(=O)c1c(N)ccc2c(-c3ccccc3C(=O)O)c3ccc(=N)c(S(=O)(=O)O)c-3oc12. The Morgan fingerprint density at radius 1 is 0.788 bits per heavy atom. The number of carbonyl (C=O) groups excluding carboxylic acids is 1. The molecule has 0 spiro atoms. The maximum absolute atomic E-state index is 13.9. The van der Waals surface area contributed by atoms with Crippen molar-refractivity contribution in [2.45, 2.75) is 87.4 Å². The molecule has 46 heteroatoms. The quantitative estimate of drug-likeness (QED) is 0.00306. The normalized spacial score (nSPS) is 16.3. The number of aromatic nitrogens is 3. The smallest absolute Gasteiger partial charge is 0.490 e. The number of hydrogen-bond donors (Lipinski definition) is 11. The lowest BCUT2D eigenvalue weighted by atomic mass is 9.83. The van der Waals surface area contributed by atoms with Gasteiger partial charge < -0.3 is 102 Å². The topological polar surface area (TPSA) is 599 Å². The summed E-state index contributed by atoms with van der Waals surface area (Å²) in [5.41, 5.74) is 11.4. The van der Waals surface area contributed by atoms with Crippen molar-refractivity contribution in [1.29, 1.82) is 5.41 Å². The third-order valence-corrected chi connectivity index (χ3v) is 22.7. The number of ether oxygens (including phenoxy) is 11. The van der Waals surface area contributed by atoms with E-state index >= 15 is 0 Å². The van der Waals surface area contributed by atoms with Crippen molar-refractivity contribution in [3.63, 3.8) is 0 Å². The van der Waals surface area contributed by atoms with Gasteiger partial charge in [0.2, 0.25) is 10.0 Å². The van der Waals surface area contributed by atoms with E-state index in [1.165, 1.54) is 72.5 Å². The number of nitro benzene ring substituents is 1. The number of methoxy groups -OCH3 is 1. The van der Waals surface area contributed by atoms with Crippen LogP contribution in [0.2, 0.25) is 0 Å². The van der Waals surface area contributed by atoms with Crippen molar-refractivity contribution in [2.24, 2.45) is 5.41 Å². The van der Waals surface area contributed by atoms with E-state index in [0.717, 1.165) is 12.4 Å². The second-order valence-electron chi connectivity index (χ2n) is 25.6. The minimum Gasteiger partial charge on any atom is -0.495 e. The molecule has 2 aliphatic heterocycles. The molecule has 1 aliphatic carbocycles. The fourth-order valence-corrected chi connectivity index (χ4v) is 16.6. The number of phosphoric ester groups is 1. The van der Waals surface area contributed by atoms with Crippen LogP contribution >= 0.6 is 23.5 Å². The average Bonchev–Trinajstić information content (AvgIpc) is 1.43. The first-order valence-electron chi connectivity index (χ1n) is 34.4. The Morgan fingerprint density at radius 2 is 1.38 bits per heavy atom. The molecule has 3 unspecified atom stereocenters. The summed E-state index contributed by atoms with van der Waals surface area (Å²) in [5, 5.41) is 41.6. The van der Waals surface area contributed by atoms with E-state index in [4.69, 9.17) is 83.2 Å². The molecule has 6 atom stereocenters. The lowest BCUT2D eigenvalue weighted by Gasteiger charge is -2.31. The van der Waals surface area contributed by atoms with Crippen LogP contribution in [0.25, 0.3) is 44.5 Å². The lowest BCUT2D eigenvalue weighted by molar-refractivity contribution is -0.386. The van der Waals surface area contributed by atoms with E-state index in [2.05, 4.69) is 39.7 Å². The van der Waals surface area contributed by atoms with Crippen molar-refractivity contribution in [1.82, 2.24) is 19.3 Å². The molecule has 2 aromatic heterocycles. The van der Waals surface area contributed by atoms with Crippen molar-refractivity contribution < 1.29 is 149 Å². The number of sulfonamides is 1. The highest BCUT2D eigenvalue weighted by molar-refractivity contribution is 7.90. The zero-order valence-corrected chi connectivity index (χ0v) is 65.7. The van der Waals surface area contributed by atoms with Crippen LogP contribution in [0.4, 0.5) is 17.2 Å². The molecule has 620 valence electrons. The average molecular weight is 1690 g/mol. The molecular weight excluding hydrogens is 1600 g/mol. The Labute approximate surface area is 646 Å². The van der Waals surface area contributed by atoms with Gasteiger partial charge in [0.15, 0.2) is 16.2 Å². The Kier molecular flexibility index (Phi) is 33.1. The van der Waals surface area contributed by atoms with E-state index in [1.54, 1.807) is 20.8 Å². The van der Waals surface area contributed by atoms with Gasteiger partial charge in [-0.3, -0.25) is 29.4 Å². The van der Waals surface area contributed by atoms with Gasteiger partial charge in [0.05, 0.1) is 176 Å². The number of benzene rings is 4. The van der Waals surface area contributed by atoms with Crippen LogP contribution in [0.3, 0.4) is 0 Å².